The van der Waals surface area contributed by atoms with Gasteiger partial charge in [-0.25, -0.2) is 0 Å². The zero-order chi connectivity index (χ0) is 15.8. The molecule has 0 radical (unpaired) electrons. The number of hydrogen-bond acceptors (Lipinski definition) is 4. The van der Waals surface area contributed by atoms with Crippen molar-refractivity contribution in [2.24, 2.45) is 0 Å². The first-order valence-corrected chi connectivity index (χ1v) is 7.02. The molecule has 0 unspecified atom stereocenters. The molecule has 2 aromatic carbocycles. The topological polar surface area (TPSA) is 75.0 Å². The van der Waals surface area contributed by atoms with Crippen LogP contribution in [0.25, 0.3) is 28.0 Å². The Morgan fingerprint density at radius 3 is 2.35 bits per heavy atom. The summed E-state index contributed by atoms with van der Waals surface area (Å²) in [4.78, 5) is 13.0. The van der Waals surface area contributed by atoms with Gasteiger partial charge in [-0.05, 0) is 22.6 Å². The molecule has 0 aliphatic rings. The van der Waals surface area contributed by atoms with Crippen molar-refractivity contribution in [3.8, 4) is 16.9 Å². The molecule has 0 atom stereocenters. The Labute approximate surface area is 130 Å². The van der Waals surface area contributed by atoms with E-state index in [2.05, 4.69) is 9.79 Å². The van der Waals surface area contributed by atoms with Crippen LogP contribution in [0.1, 0.15) is 0 Å². The number of para-hydroxylation sites is 1. The van der Waals surface area contributed by atoms with E-state index in [0.717, 1.165) is 5.56 Å². The maximum absolute atomic E-state index is 12.8. The Morgan fingerprint density at radius 1 is 1.00 bits per heavy atom. The summed E-state index contributed by atoms with van der Waals surface area (Å²) in [6, 6.07) is 20.3. The van der Waals surface area contributed by atoms with E-state index in [1.165, 1.54) is 4.57 Å². The fourth-order valence-corrected chi connectivity index (χ4v) is 2.61. The van der Waals surface area contributed by atoms with Crippen LogP contribution in [0.5, 0.6) is 0 Å². The number of rotatable bonds is 2. The molecule has 4 rings (SSSR count). The van der Waals surface area contributed by atoms with Crippen LogP contribution in [0.3, 0.4) is 0 Å². The molecule has 0 amide bonds. The number of nitrogens with zero attached hydrogens (tertiary/aromatic N) is 3. The van der Waals surface area contributed by atoms with Gasteiger partial charge in [-0.1, -0.05) is 48.5 Å². The number of benzene rings is 2. The third-order valence-corrected chi connectivity index (χ3v) is 3.64. The molecule has 0 fully saturated rings. The molecule has 23 heavy (non-hydrogen) atoms. The average molecular weight is 305 g/mol. The van der Waals surface area contributed by atoms with Crippen molar-refractivity contribution in [3.63, 3.8) is 0 Å². The molecule has 0 aliphatic carbocycles. The second-order valence-electron chi connectivity index (χ2n) is 5.04. The maximum Gasteiger partial charge on any atom is 0.311 e. The van der Waals surface area contributed by atoms with E-state index < -0.39 is 5.56 Å². The highest BCUT2D eigenvalue weighted by atomic mass is 16.8. The van der Waals surface area contributed by atoms with E-state index >= 15 is 0 Å². The lowest BCUT2D eigenvalue weighted by Crippen LogP contribution is -2.32. The fourth-order valence-electron chi connectivity index (χ4n) is 2.61. The summed E-state index contributed by atoms with van der Waals surface area (Å²) in [7, 11) is 0. The van der Waals surface area contributed by atoms with Crippen molar-refractivity contribution in [2.75, 3.05) is 0 Å². The molecular formula is C17H11N3O3. The monoisotopic (exact) mass is 305 g/mol. The lowest BCUT2D eigenvalue weighted by Gasteiger charge is -2.12. The third kappa shape index (κ3) is 2.08. The molecule has 2 heterocycles. The van der Waals surface area contributed by atoms with E-state index in [-0.39, 0.29) is 15.9 Å². The van der Waals surface area contributed by atoms with Gasteiger partial charge in [0, 0.05) is 16.9 Å². The number of aromatic nitrogens is 3. The lowest BCUT2D eigenvalue weighted by atomic mass is 10.1. The van der Waals surface area contributed by atoms with Crippen molar-refractivity contribution in [2.45, 2.75) is 0 Å². The average Bonchev–Trinajstić information content (AvgIpc) is 2.97. The quantitative estimate of drug-likeness (QED) is 0.532. The van der Waals surface area contributed by atoms with Gasteiger partial charge in [0.2, 0.25) is 0 Å². The maximum atomic E-state index is 12.8. The van der Waals surface area contributed by atoms with Gasteiger partial charge in [-0.2, -0.15) is 0 Å². The second kappa shape index (κ2) is 5.10. The number of hydrogen-bond donors (Lipinski definition) is 0. The molecular weight excluding hydrogens is 294 g/mol. The summed E-state index contributed by atoms with van der Waals surface area (Å²) < 4.78 is 6.06. The highest BCUT2D eigenvalue weighted by Gasteiger charge is 2.21. The van der Waals surface area contributed by atoms with Gasteiger partial charge in [-0.3, -0.25) is 14.0 Å². The Morgan fingerprint density at radius 2 is 1.65 bits per heavy atom. The molecule has 0 spiro atoms. The van der Waals surface area contributed by atoms with Crippen LogP contribution in [0.2, 0.25) is 0 Å². The Bertz CT molecular complexity index is 1040. The standard InChI is InChI=1S/C17H11N3O3/c21-17-16-14(18-23-20(16)22)11-15(12-7-3-1-4-8-12)19(17)13-9-5-2-6-10-13/h1-11H. The SMILES string of the molecule is O=c1c2c(cc(-c3ccccc3)n1-c1ccccc1)no[n+]2[O-]. The molecule has 112 valence electrons. The summed E-state index contributed by atoms with van der Waals surface area (Å²) >= 11 is 0. The van der Waals surface area contributed by atoms with Crippen molar-refractivity contribution >= 4 is 11.0 Å². The van der Waals surface area contributed by atoms with Crippen LogP contribution in [0, 0.1) is 5.21 Å². The Balaban J connectivity index is 2.15. The van der Waals surface area contributed by atoms with Gasteiger partial charge in [-0.15, -0.1) is 0 Å². The number of fused-ring (bicyclic) bond motifs is 1. The first-order valence-electron chi connectivity index (χ1n) is 7.02. The van der Waals surface area contributed by atoms with Gasteiger partial charge in [0.25, 0.3) is 11.0 Å². The third-order valence-electron chi connectivity index (χ3n) is 3.64. The molecule has 0 bridgehead atoms. The van der Waals surface area contributed by atoms with E-state index in [1.54, 1.807) is 6.07 Å². The molecule has 6 nitrogen and oxygen atoms in total. The van der Waals surface area contributed by atoms with E-state index in [1.807, 2.05) is 60.7 Å². The van der Waals surface area contributed by atoms with Crippen LogP contribution in [0.4, 0.5) is 0 Å². The summed E-state index contributed by atoms with van der Waals surface area (Å²) in [5.74, 6) is 0. The number of pyridine rings is 1. The molecule has 2 aromatic heterocycles. The summed E-state index contributed by atoms with van der Waals surface area (Å²) in [5.41, 5.74) is 1.80. The fraction of sp³-hybridized carbons (Fsp3) is 0. The highest BCUT2D eigenvalue weighted by Crippen LogP contribution is 2.23. The Hall–Kier alpha value is -3.41. The lowest BCUT2D eigenvalue weighted by molar-refractivity contribution is -0.782. The summed E-state index contributed by atoms with van der Waals surface area (Å²) in [5, 5.41) is 15.4. The normalized spacial score (nSPS) is 11.0. The van der Waals surface area contributed by atoms with Crippen LogP contribution >= 0.6 is 0 Å². The molecule has 0 saturated carbocycles. The predicted molar refractivity (Wildman–Crippen MR) is 84.0 cm³/mol. The second-order valence-corrected chi connectivity index (χ2v) is 5.04. The smallest absolute Gasteiger partial charge is 0.311 e. The first-order chi connectivity index (χ1) is 11.3. The Kier molecular flexibility index (Phi) is 2.94. The van der Waals surface area contributed by atoms with Crippen molar-refractivity contribution < 1.29 is 9.53 Å². The van der Waals surface area contributed by atoms with Gasteiger partial charge in [0.1, 0.15) is 0 Å². The summed E-state index contributed by atoms with van der Waals surface area (Å²) in [6.07, 6.45) is 0. The van der Waals surface area contributed by atoms with Crippen LogP contribution in [-0.4, -0.2) is 9.72 Å². The minimum absolute atomic E-state index is 0.117. The van der Waals surface area contributed by atoms with E-state index in [0.29, 0.717) is 11.4 Å². The van der Waals surface area contributed by atoms with E-state index in [4.69, 9.17) is 0 Å². The van der Waals surface area contributed by atoms with Gasteiger partial charge < -0.3 is 5.21 Å². The predicted octanol–water partition coefficient (Wildman–Crippen LogP) is 2.28. The minimum atomic E-state index is -0.469. The van der Waals surface area contributed by atoms with Gasteiger partial charge in [0.05, 0.1) is 5.69 Å². The zero-order valence-corrected chi connectivity index (χ0v) is 11.9. The van der Waals surface area contributed by atoms with Gasteiger partial charge in [0.15, 0.2) is 0 Å². The highest BCUT2D eigenvalue weighted by molar-refractivity contribution is 5.77. The molecule has 0 saturated heterocycles. The minimum Gasteiger partial charge on any atom is -0.359 e. The van der Waals surface area contributed by atoms with Crippen molar-refractivity contribution in [3.05, 3.63) is 82.3 Å². The van der Waals surface area contributed by atoms with Crippen LogP contribution in [-0.2, 0) is 0 Å². The van der Waals surface area contributed by atoms with Crippen LogP contribution < -0.4 is 10.5 Å². The van der Waals surface area contributed by atoms with Gasteiger partial charge >= 0.3 is 5.56 Å². The first kappa shape index (κ1) is 13.3. The summed E-state index contributed by atoms with van der Waals surface area (Å²) in [6.45, 7) is 0. The molecule has 0 aliphatic heterocycles. The molecule has 4 aromatic rings. The largest absolute Gasteiger partial charge is 0.359 e. The molecule has 6 heteroatoms. The van der Waals surface area contributed by atoms with Crippen molar-refractivity contribution in [1.29, 1.82) is 0 Å². The van der Waals surface area contributed by atoms with Crippen LogP contribution in [0.15, 0.2) is 76.2 Å². The zero-order valence-electron chi connectivity index (χ0n) is 11.9. The molecule has 0 N–H and O–H groups in total. The van der Waals surface area contributed by atoms with Crippen molar-refractivity contribution in [1.82, 2.24) is 9.72 Å². The van der Waals surface area contributed by atoms with E-state index in [9.17, 15) is 10.0 Å².